The predicted octanol–water partition coefficient (Wildman–Crippen LogP) is 3.85. The van der Waals surface area contributed by atoms with Crippen LogP contribution in [0.5, 0.6) is 0 Å². The molecule has 1 N–H and O–H groups in total. The van der Waals surface area contributed by atoms with Crippen LogP contribution in [-0.2, 0) is 17.0 Å². The standard InChI is InChI=1S/C21H23N3OS/c1-17(26-16-18-8-4-2-5-9-18)21(25)22-13-12-19-14-23-24(15-19)20-10-6-3-7-11-20/h2-11,14-15,17H,12-13,16H2,1H3,(H,22,25). The van der Waals surface area contributed by atoms with Gasteiger partial charge in [0.05, 0.1) is 17.1 Å². The van der Waals surface area contributed by atoms with Crippen LogP contribution in [0.1, 0.15) is 18.1 Å². The van der Waals surface area contributed by atoms with Crippen LogP contribution in [0.3, 0.4) is 0 Å². The summed E-state index contributed by atoms with van der Waals surface area (Å²) < 4.78 is 1.86. The minimum Gasteiger partial charge on any atom is -0.355 e. The average molecular weight is 366 g/mol. The highest BCUT2D eigenvalue weighted by atomic mass is 32.2. The molecule has 0 bridgehead atoms. The van der Waals surface area contributed by atoms with Crippen molar-refractivity contribution in [2.24, 2.45) is 0 Å². The first-order valence-corrected chi connectivity index (χ1v) is 9.79. The highest BCUT2D eigenvalue weighted by Crippen LogP contribution is 2.17. The smallest absolute Gasteiger partial charge is 0.232 e. The Balaban J connectivity index is 1.41. The van der Waals surface area contributed by atoms with Crippen molar-refractivity contribution in [1.29, 1.82) is 0 Å². The lowest BCUT2D eigenvalue weighted by Gasteiger charge is -2.11. The van der Waals surface area contributed by atoms with E-state index in [2.05, 4.69) is 22.5 Å². The Labute approximate surface area is 158 Å². The quantitative estimate of drug-likeness (QED) is 0.659. The molecule has 134 valence electrons. The molecule has 1 amide bonds. The van der Waals surface area contributed by atoms with Gasteiger partial charge in [0.1, 0.15) is 0 Å². The lowest BCUT2D eigenvalue weighted by Crippen LogP contribution is -2.32. The molecule has 0 aliphatic carbocycles. The van der Waals surface area contributed by atoms with Gasteiger partial charge in [0.15, 0.2) is 0 Å². The summed E-state index contributed by atoms with van der Waals surface area (Å²) >= 11 is 1.66. The molecule has 0 spiro atoms. The van der Waals surface area contributed by atoms with E-state index in [1.807, 2.05) is 72.5 Å². The Morgan fingerprint density at radius 1 is 1.08 bits per heavy atom. The molecule has 26 heavy (non-hydrogen) atoms. The van der Waals surface area contributed by atoms with Crippen molar-refractivity contribution in [3.63, 3.8) is 0 Å². The first-order chi connectivity index (χ1) is 12.7. The van der Waals surface area contributed by atoms with Crippen molar-refractivity contribution in [1.82, 2.24) is 15.1 Å². The van der Waals surface area contributed by atoms with Crippen LogP contribution in [0.25, 0.3) is 5.69 Å². The van der Waals surface area contributed by atoms with Gasteiger partial charge in [-0.1, -0.05) is 48.5 Å². The molecule has 0 aliphatic rings. The lowest BCUT2D eigenvalue weighted by molar-refractivity contribution is -0.120. The molecule has 0 aliphatic heterocycles. The summed E-state index contributed by atoms with van der Waals surface area (Å²) in [7, 11) is 0. The largest absolute Gasteiger partial charge is 0.355 e. The normalized spacial score (nSPS) is 11.9. The highest BCUT2D eigenvalue weighted by molar-refractivity contribution is 7.99. The second-order valence-electron chi connectivity index (χ2n) is 6.11. The molecule has 0 saturated heterocycles. The number of para-hydroxylation sites is 1. The minimum atomic E-state index is -0.0674. The fraction of sp³-hybridized carbons (Fsp3) is 0.238. The zero-order valence-corrected chi connectivity index (χ0v) is 15.7. The number of benzene rings is 2. The maximum absolute atomic E-state index is 12.2. The fourth-order valence-corrected chi connectivity index (χ4v) is 3.43. The molecule has 0 radical (unpaired) electrons. The van der Waals surface area contributed by atoms with Gasteiger partial charge < -0.3 is 5.32 Å². The molecular weight excluding hydrogens is 342 g/mol. The molecule has 5 heteroatoms. The Morgan fingerprint density at radius 2 is 1.77 bits per heavy atom. The van der Waals surface area contributed by atoms with Crippen LogP contribution in [0.2, 0.25) is 0 Å². The van der Waals surface area contributed by atoms with Crippen LogP contribution >= 0.6 is 11.8 Å². The number of hydrogen-bond acceptors (Lipinski definition) is 3. The second-order valence-corrected chi connectivity index (χ2v) is 7.44. The minimum absolute atomic E-state index is 0.0674. The summed E-state index contributed by atoms with van der Waals surface area (Å²) in [5.41, 5.74) is 3.39. The molecule has 1 heterocycles. The molecule has 3 aromatic rings. The first kappa shape index (κ1) is 18.3. The van der Waals surface area contributed by atoms with E-state index >= 15 is 0 Å². The molecule has 0 fully saturated rings. The number of rotatable bonds is 8. The third-order valence-corrected chi connectivity index (χ3v) is 5.30. The van der Waals surface area contributed by atoms with Crippen molar-refractivity contribution in [2.75, 3.05) is 6.54 Å². The SMILES string of the molecule is CC(SCc1ccccc1)C(=O)NCCc1cnn(-c2ccccc2)c1. The van der Waals surface area contributed by atoms with Crippen LogP contribution in [-0.4, -0.2) is 27.5 Å². The monoisotopic (exact) mass is 365 g/mol. The molecule has 2 aromatic carbocycles. The number of hydrogen-bond donors (Lipinski definition) is 1. The van der Waals surface area contributed by atoms with Crippen molar-refractivity contribution in [3.8, 4) is 5.69 Å². The number of nitrogens with zero attached hydrogens (tertiary/aromatic N) is 2. The van der Waals surface area contributed by atoms with Gasteiger partial charge >= 0.3 is 0 Å². The summed E-state index contributed by atoms with van der Waals surface area (Å²) in [5.74, 6) is 0.931. The van der Waals surface area contributed by atoms with Crippen LogP contribution in [0.15, 0.2) is 73.1 Å². The Bertz CT molecular complexity index is 818. The van der Waals surface area contributed by atoms with Gasteiger partial charge in [-0.25, -0.2) is 4.68 Å². The molecule has 1 unspecified atom stereocenters. The van der Waals surface area contributed by atoms with Gasteiger partial charge in [-0.2, -0.15) is 5.10 Å². The van der Waals surface area contributed by atoms with Crippen LogP contribution in [0.4, 0.5) is 0 Å². The van der Waals surface area contributed by atoms with E-state index in [0.717, 1.165) is 23.4 Å². The second kappa shape index (κ2) is 9.25. The Kier molecular flexibility index (Phi) is 6.50. The molecule has 1 atom stereocenters. The van der Waals surface area contributed by atoms with E-state index < -0.39 is 0 Å². The molecule has 4 nitrogen and oxygen atoms in total. The maximum Gasteiger partial charge on any atom is 0.232 e. The Hall–Kier alpha value is -2.53. The van der Waals surface area contributed by atoms with Crippen molar-refractivity contribution in [3.05, 3.63) is 84.2 Å². The van der Waals surface area contributed by atoms with Crippen molar-refractivity contribution in [2.45, 2.75) is 24.3 Å². The van der Waals surface area contributed by atoms with Crippen LogP contribution in [0, 0.1) is 0 Å². The van der Waals surface area contributed by atoms with Gasteiger partial charge in [-0.15, -0.1) is 11.8 Å². The van der Waals surface area contributed by atoms with E-state index in [1.54, 1.807) is 11.8 Å². The number of aromatic nitrogens is 2. The molecular formula is C21H23N3OS. The van der Waals surface area contributed by atoms with Crippen LogP contribution < -0.4 is 5.32 Å². The van der Waals surface area contributed by atoms with Crippen molar-refractivity contribution >= 4 is 17.7 Å². The van der Waals surface area contributed by atoms with E-state index in [9.17, 15) is 4.79 Å². The highest BCUT2D eigenvalue weighted by Gasteiger charge is 2.13. The third kappa shape index (κ3) is 5.23. The zero-order chi connectivity index (χ0) is 18.2. The zero-order valence-electron chi connectivity index (χ0n) is 14.8. The van der Waals surface area contributed by atoms with Gasteiger partial charge in [-0.3, -0.25) is 4.79 Å². The van der Waals surface area contributed by atoms with E-state index in [4.69, 9.17) is 0 Å². The van der Waals surface area contributed by atoms with Gasteiger partial charge in [-0.05, 0) is 36.6 Å². The summed E-state index contributed by atoms with van der Waals surface area (Å²) in [4.78, 5) is 12.2. The topological polar surface area (TPSA) is 46.9 Å². The summed E-state index contributed by atoms with van der Waals surface area (Å²) in [6.07, 6.45) is 4.64. The van der Waals surface area contributed by atoms with E-state index in [-0.39, 0.29) is 11.2 Å². The summed E-state index contributed by atoms with van der Waals surface area (Å²) in [6.45, 7) is 2.58. The first-order valence-electron chi connectivity index (χ1n) is 8.74. The number of carbonyl (C=O) groups excluding carboxylic acids is 1. The predicted molar refractivity (Wildman–Crippen MR) is 107 cm³/mol. The third-order valence-electron chi connectivity index (χ3n) is 4.08. The van der Waals surface area contributed by atoms with Crippen molar-refractivity contribution < 1.29 is 4.79 Å². The molecule has 0 saturated carbocycles. The number of nitrogens with one attached hydrogen (secondary N) is 1. The van der Waals surface area contributed by atoms with Gasteiger partial charge in [0.2, 0.25) is 5.91 Å². The fourth-order valence-electron chi connectivity index (χ4n) is 2.56. The number of amides is 1. The molecule has 3 rings (SSSR count). The van der Waals surface area contributed by atoms with E-state index in [1.165, 1.54) is 5.56 Å². The lowest BCUT2D eigenvalue weighted by atomic mass is 10.2. The number of thioether (sulfide) groups is 1. The summed E-state index contributed by atoms with van der Waals surface area (Å²) in [5, 5.41) is 7.33. The maximum atomic E-state index is 12.2. The summed E-state index contributed by atoms with van der Waals surface area (Å²) in [6, 6.07) is 20.2. The van der Waals surface area contributed by atoms with E-state index in [0.29, 0.717) is 6.54 Å². The molecule has 1 aromatic heterocycles. The number of carbonyl (C=O) groups is 1. The van der Waals surface area contributed by atoms with Gasteiger partial charge in [0, 0.05) is 18.5 Å². The van der Waals surface area contributed by atoms with Gasteiger partial charge in [0.25, 0.3) is 0 Å². The Morgan fingerprint density at radius 3 is 2.50 bits per heavy atom. The average Bonchev–Trinajstić information content (AvgIpc) is 3.16.